The van der Waals surface area contributed by atoms with Crippen LogP contribution in [-0.2, 0) is 4.79 Å². The van der Waals surface area contributed by atoms with Gasteiger partial charge in [-0.1, -0.05) is 24.3 Å². The molecule has 6 nitrogen and oxygen atoms in total. The Hall–Kier alpha value is -3.41. The highest BCUT2D eigenvalue weighted by molar-refractivity contribution is 5.99. The van der Waals surface area contributed by atoms with E-state index in [1.165, 1.54) is 12.1 Å². The molecule has 0 bridgehead atoms. The normalized spacial score (nSPS) is 19.3. The van der Waals surface area contributed by atoms with Crippen LogP contribution in [0.4, 0.5) is 0 Å². The highest BCUT2D eigenvalue weighted by Crippen LogP contribution is 2.43. The number of rotatable bonds is 2. The Morgan fingerprint density at radius 3 is 2.76 bits per heavy atom. The van der Waals surface area contributed by atoms with Gasteiger partial charge in [-0.05, 0) is 23.8 Å². The second-order valence-electron chi connectivity index (χ2n) is 5.94. The zero-order chi connectivity index (χ0) is 17.6. The molecule has 2 unspecified atom stereocenters. The van der Waals surface area contributed by atoms with Crippen molar-refractivity contribution in [1.29, 1.82) is 5.41 Å². The van der Waals surface area contributed by atoms with Crippen molar-refractivity contribution < 1.29 is 19.7 Å². The molecule has 25 heavy (non-hydrogen) atoms. The molecule has 0 fully saturated rings. The van der Waals surface area contributed by atoms with Gasteiger partial charge in [0.15, 0.2) is 0 Å². The van der Waals surface area contributed by atoms with Crippen LogP contribution in [-0.4, -0.2) is 27.1 Å². The number of nitrogens with one attached hydrogen (secondary N) is 1. The first-order valence-corrected chi connectivity index (χ1v) is 7.71. The van der Waals surface area contributed by atoms with E-state index in [2.05, 4.69) is 4.98 Å². The number of aliphatic carboxylic acids is 1. The van der Waals surface area contributed by atoms with Crippen molar-refractivity contribution in [3.8, 4) is 11.5 Å². The van der Waals surface area contributed by atoms with Crippen LogP contribution in [0.5, 0.6) is 11.5 Å². The summed E-state index contributed by atoms with van der Waals surface area (Å²) in [6.45, 7) is 0. The molecule has 0 saturated carbocycles. The number of benzene rings is 2. The second-order valence-corrected chi connectivity index (χ2v) is 5.94. The van der Waals surface area contributed by atoms with Gasteiger partial charge in [0, 0.05) is 29.1 Å². The number of nitrogens with zero attached hydrogens (tertiary/aromatic N) is 1. The summed E-state index contributed by atoms with van der Waals surface area (Å²) >= 11 is 0. The number of carbonyl (C=O) groups is 1. The van der Waals surface area contributed by atoms with Crippen molar-refractivity contribution in [2.45, 2.75) is 5.92 Å². The molecule has 0 radical (unpaired) electrons. The number of hydrogen-bond acceptors (Lipinski definition) is 5. The Kier molecular flexibility index (Phi) is 3.39. The number of aromatic hydroxyl groups is 1. The fourth-order valence-electron chi connectivity index (χ4n) is 3.27. The van der Waals surface area contributed by atoms with Crippen molar-refractivity contribution >= 4 is 22.8 Å². The topological polar surface area (TPSA) is 104 Å². The van der Waals surface area contributed by atoms with Gasteiger partial charge in [-0.2, -0.15) is 0 Å². The van der Waals surface area contributed by atoms with Crippen LogP contribution >= 0.6 is 0 Å². The lowest BCUT2D eigenvalue weighted by atomic mass is 9.78. The number of hydrogen-bond donors (Lipinski definition) is 3. The average molecular weight is 334 g/mol. The van der Waals surface area contributed by atoms with Gasteiger partial charge in [0.25, 0.3) is 0 Å². The molecule has 1 aromatic heterocycles. The highest BCUT2D eigenvalue weighted by Gasteiger charge is 2.41. The number of ether oxygens (including phenoxy) is 1. The van der Waals surface area contributed by atoms with Crippen molar-refractivity contribution in [3.05, 3.63) is 65.9 Å². The predicted molar refractivity (Wildman–Crippen MR) is 91.2 cm³/mol. The number of fused-ring (bicyclic) bond motifs is 2. The molecule has 2 atom stereocenters. The van der Waals surface area contributed by atoms with Crippen LogP contribution in [0.2, 0.25) is 0 Å². The molecular weight excluding hydrogens is 320 g/mol. The standard InChI is InChI=1S/C19H14N2O4/c20-18-17(19(23)24)16(13-6-5-12(22)8-15(13)25-18)11-7-10-3-1-2-4-14(10)21-9-11/h1-9,16-17,20,22H,(H,23,24). The third-order valence-corrected chi connectivity index (χ3v) is 4.40. The lowest BCUT2D eigenvalue weighted by molar-refractivity contribution is -0.140. The zero-order valence-corrected chi connectivity index (χ0v) is 13.0. The summed E-state index contributed by atoms with van der Waals surface area (Å²) in [4.78, 5) is 16.2. The minimum absolute atomic E-state index is 0.00397. The van der Waals surface area contributed by atoms with Crippen molar-refractivity contribution in [1.82, 2.24) is 4.98 Å². The summed E-state index contributed by atoms with van der Waals surface area (Å²) in [6, 6.07) is 14.0. The van der Waals surface area contributed by atoms with Crippen LogP contribution in [0.15, 0.2) is 54.7 Å². The molecule has 1 aliphatic rings. The molecule has 0 aliphatic carbocycles. The van der Waals surface area contributed by atoms with E-state index in [-0.39, 0.29) is 11.6 Å². The zero-order valence-electron chi connectivity index (χ0n) is 13.0. The molecule has 4 rings (SSSR count). The lowest BCUT2D eigenvalue weighted by Gasteiger charge is -2.31. The van der Waals surface area contributed by atoms with Crippen LogP contribution in [0.25, 0.3) is 10.9 Å². The van der Waals surface area contributed by atoms with E-state index in [9.17, 15) is 15.0 Å². The molecule has 3 aromatic rings. The quantitative estimate of drug-likeness (QED) is 0.668. The minimum Gasteiger partial charge on any atom is -0.508 e. The fourth-order valence-corrected chi connectivity index (χ4v) is 3.27. The largest absolute Gasteiger partial charge is 0.508 e. The first-order valence-electron chi connectivity index (χ1n) is 7.71. The molecule has 1 aliphatic heterocycles. The third-order valence-electron chi connectivity index (χ3n) is 4.40. The molecule has 0 saturated heterocycles. The van der Waals surface area contributed by atoms with Gasteiger partial charge >= 0.3 is 5.97 Å². The number of phenolic OH excluding ortho intramolecular Hbond substituents is 1. The molecule has 2 aromatic carbocycles. The Morgan fingerprint density at radius 1 is 1.16 bits per heavy atom. The number of pyridine rings is 1. The third kappa shape index (κ3) is 2.48. The number of para-hydroxylation sites is 1. The summed E-state index contributed by atoms with van der Waals surface area (Å²) < 4.78 is 5.35. The summed E-state index contributed by atoms with van der Waals surface area (Å²) in [6.07, 6.45) is 1.64. The molecular formula is C19H14N2O4. The van der Waals surface area contributed by atoms with Gasteiger partial charge in [0.2, 0.25) is 5.90 Å². The smallest absolute Gasteiger partial charge is 0.316 e. The minimum atomic E-state index is -1.15. The van der Waals surface area contributed by atoms with E-state index in [1.54, 1.807) is 12.3 Å². The molecule has 3 N–H and O–H groups in total. The summed E-state index contributed by atoms with van der Waals surface area (Å²) in [7, 11) is 0. The van der Waals surface area contributed by atoms with Gasteiger partial charge in [-0.15, -0.1) is 0 Å². The predicted octanol–water partition coefficient (Wildman–Crippen LogP) is 3.14. The molecule has 0 amide bonds. The van der Waals surface area contributed by atoms with E-state index < -0.39 is 17.8 Å². The first kappa shape index (κ1) is 15.1. The van der Waals surface area contributed by atoms with Crippen molar-refractivity contribution in [3.63, 3.8) is 0 Å². The summed E-state index contributed by atoms with van der Waals surface area (Å²) in [5, 5.41) is 28.2. The van der Waals surface area contributed by atoms with Gasteiger partial charge < -0.3 is 14.9 Å². The Balaban J connectivity index is 1.94. The lowest BCUT2D eigenvalue weighted by Crippen LogP contribution is -2.37. The van der Waals surface area contributed by atoms with E-state index in [4.69, 9.17) is 10.1 Å². The summed E-state index contributed by atoms with van der Waals surface area (Å²) in [5.41, 5.74) is 2.11. The number of phenols is 1. The molecule has 2 heterocycles. The van der Waals surface area contributed by atoms with Crippen LogP contribution in [0.3, 0.4) is 0 Å². The Labute approximate surface area is 142 Å². The fraction of sp³-hybridized carbons (Fsp3) is 0.105. The maximum Gasteiger partial charge on any atom is 0.316 e. The highest BCUT2D eigenvalue weighted by atomic mass is 16.5. The monoisotopic (exact) mass is 334 g/mol. The van der Waals surface area contributed by atoms with Crippen LogP contribution in [0.1, 0.15) is 17.0 Å². The average Bonchev–Trinajstić information content (AvgIpc) is 2.59. The Bertz CT molecular complexity index is 1020. The SMILES string of the molecule is N=C1Oc2cc(O)ccc2C(c2cnc3ccccc3c2)C1C(=O)O. The molecule has 6 heteroatoms. The maximum atomic E-state index is 11.8. The second kappa shape index (κ2) is 5.59. The van der Waals surface area contributed by atoms with Gasteiger partial charge in [0.05, 0.1) is 5.52 Å². The molecule has 0 spiro atoms. The van der Waals surface area contributed by atoms with E-state index in [0.29, 0.717) is 16.9 Å². The van der Waals surface area contributed by atoms with E-state index in [0.717, 1.165) is 10.9 Å². The van der Waals surface area contributed by atoms with Gasteiger partial charge in [0.1, 0.15) is 17.4 Å². The van der Waals surface area contributed by atoms with Crippen molar-refractivity contribution in [2.24, 2.45) is 5.92 Å². The number of carboxylic acids is 1. The number of aromatic nitrogens is 1. The van der Waals surface area contributed by atoms with E-state index in [1.807, 2.05) is 30.3 Å². The van der Waals surface area contributed by atoms with Crippen LogP contribution in [0, 0.1) is 11.3 Å². The number of carboxylic acid groups (broad SMARTS) is 1. The molecule has 124 valence electrons. The Morgan fingerprint density at radius 2 is 1.96 bits per heavy atom. The van der Waals surface area contributed by atoms with Crippen molar-refractivity contribution in [2.75, 3.05) is 0 Å². The first-order chi connectivity index (χ1) is 12.0. The van der Waals surface area contributed by atoms with Gasteiger partial charge in [-0.25, -0.2) is 0 Å². The van der Waals surface area contributed by atoms with E-state index >= 15 is 0 Å². The maximum absolute atomic E-state index is 11.8. The van der Waals surface area contributed by atoms with Crippen LogP contribution < -0.4 is 4.74 Å². The van der Waals surface area contributed by atoms with Gasteiger partial charge in [-0.3, -0.25) is 15.2 Å². The summed E-state index contributed by atoms with van der Waals surface area (Å²) in [5.74, 6) is -2.98.